The molecule has 0 unspecified atom stereocenters. The number of nitrogens with one attached hydrogen (secondary N) is 1. The van der Waals surface area contributed by atoms with Gasteiger partial charge in [0.2, 0.25) is 0 Å². The number of nitrogens with zero attached hydrogens (tertiary/aromatic N) is 2. The van der Waals surface area contributed by atoms with E-state index in [0.29, 0.717) is 16.4 Å². The van der Waals surface area contributed by atoms with Crippen LogP contribution in [-0.2, 0) is 0 Å². The van der Waals surface area contributed by atoms with Crippen LogP contribution in [0.3, 0.4) is 0 Å². The Morgan fingerprint density at radius 2 is 2.06 bits per heavy atom. The van der Waals surface area contributed by atoms with E-state index < -0.39 is 11.6 Å². The highest BCUT2D eigenvalue weighted by atomic mass is 32.2. The molecule has 3 N–H and O–H groups in total. The number of hydrogen-bond acceptors (Lipinski definition) is 5. The van der Waals surface area contributed by atoms with E-state index in [4.69, 9.17) is 5.84 Å². The largest absolute Gasteiger partial charge is 0.308 e. The highest BCUT2D eigenvalue weighted by Crippen LogP contribution is 2.32. The summed E-state index contributed by atoms with van der Waals surface area (Å²) in [7, 11) is 0. The number of rotatable bonds is 3. The molecule has 0 saturated carbocycles. The molecule has 0 aliphatic rings. The van der Waals surface area contributed by atoms with Crippen LogP contribution in [0, 0.1) is 18.6 Å². The van der Waals surface area contributed by atoms with E-state index in [0.717, 1.165) is 30.0 Å². The lowest BCUT2D eigenvalue weighted by atomic mass is 10.3. The first-order valence-electron chi connectivity index (χ1n) is 5.03. The third-order valence-corrected chi connectivity index (χ3v) is 3.41. The van der Waals surface area contributed by atoms with Gasteiger partial charge in [-0.25, -0.2) is 24.6 Å². The zero-order valence-electron chi connectivity index (χ0n) is 9.45. The summed E-state index contributed by atoms with van der Waals surface area (Å²) in [5.74, 6) is 4.74. The van der Waals surface area contributed by atoms with Gasteiger partial charge in [0.25, 0.3) is 0 Å². The van der Waals surface area contributed by atoms with E-state index in [2.05, 4.69) is 15.4 Å². The van der Waals surface area contributed by atoms with E-state index in [1.807, 2.05) is 0 Å². The van der Waals surface area contributed by atoms with Crippen molar-refractivity contribution in [1.29, 1.82) is 0 Å². The number of nitrogen functional groups attached to an aromatic ring is 1. The number of hydrogen-bond donors (Lipinski definition) is 2. The molecular formula is C11H10F2N4S. The molecule has 0 radical (unpaired) electrons. The average Bonchev–Trinajstić information content (AvgIpc) is 2.36. The van der Waals surface area contributed by atoms with Crippen LogP contribution >= 0.6 is 11.8 Å². The van der Waals surface area contributed by atoms with E-state index in [9.17, 15) is 8.78 Å². The standard InChI is InChI=1S/C11H10F2N4S/c1-6-10(17-14)15-5-16-11(6)18-9-4-7(12)2-3-8(9)13/h2-5H,14H2,1H3,(H,15,16,17). The van der Waals surface area contributed by atoms with E-state index in [1.54, 1.807) is 6.92 Å². The molecular weight excluding hydrogens is 258 g/mol. The van der Waals surface area contributed by atoms with Crippen molar-refractivity contribution in [3.05, 3.63) is 41.7 Å². The number of halogens is 2. The highest BCUT2D eigenvalue weighted by Gasteiger charge is 2.11. The first-order chi connectivity index (χ1) is 8.61. The van der Waals surface area contributed by atoms with Crippen LogP contribution < -0.4 is 11.3 Å². The van der Waals surface area contributed by atoms with Crippen LogP contribution in [0.2, 0.25) is 0 Å². The minimum Gasteiger partial charge on any atom is -0.308 e. The molecule has 2 aromatic rings. The van der Waals surface area contributed by atoms with E-state index in [-0.39, 0.29) is 4.90 Å². The van der Waals surface area contributed by atoms with E-state index >= 15 is 0 Å². The summed E-state index contributed by atoms with van der Waals surface area (Å²) in [6.07, 6.45) is 1.31. The SMILES string of the molecule is Cc1c(NN)ncnc1Sc1cc(F)ccc1F. The monoisotopic (exact) mass is 268 g/mol. The van der Waals surface area contributed by atoms with Gasteiger partial charge in [-0.1, -0.05) is 11.8 Å². The maximum Gasteiger partial charge on any atom is 0.147 e. The molecule has 18 heavy (non-hydrogen) atoms. The van der Waals surface area contributed by atoms with Crippen molar-refractivity contribution in [2.75, 3.05) is 5.43 Å². The summed E-state index contributed by atoms with van der Waals surface area (Å²) in [5, 5.41) is 0.516. The summed E-state index contributed by atoms with van der Waals surface area (Å²) in [5.41, 5.74) is 3.09. The van der Waals surface area contributed by atoms with Crippen molar-refractivity contribution >= 4 is 17.6 Å². The molecule has 0 bridgehead atoms. The third-order valence-electron chi connectivity index (χ3n) is 2.27. The molecule has 0 fully saturated rings. The predicted molar refractivity (Wildman–Crippen MR) is 65.1 cm³/mol. The Kier molecular flexibility index (Phi) is 3.73. The second-order valence-electron chi connectivity index (χ2n) is 3.47. The van der Waals surface area contributed by atoms with Crippen LogP contribution in [0.1, 0.15) is 5.56 Å². The molecule has 0 aliphatic carbocycles. The summed E-state index contributed by atoms with van der Waals surface area (Å²) in [4.78, 5) is 8.10. The van der Waals surface area contributed by atoms with Crippen LogP contribution in [0.25, 0.3) is 0 Å². The molecule has 0 atom stereocenters. The van der Waals surface area contributed by atoms with Gasteiger partial charge in [-0.05, 0) is 25.1 Å². The average molecular weight is 268 g/mol. The maximum absolute atomic E-state index is 13.5. The molecule has 0 amide bonds. The smallest absolute Gasteiger partial charge is 0.147 e. The predicted octanol–water partition coefficient (Wildman–Crippen LogP) is 2.50. The summed E-state index contributed by atoms with van der Waals surface area (Å²) < 4.78 is 26.5. The quantitative estimate of drug-likeness (QED) is 0.508. The molecule has 1 aromatic carbocycles. The second-order valence-corrected chi connectivity index (χ2v) is 4.50. The van der Waals surface area contributed by atoms with Gasteiger partial charge >= 0.3 is 0 Å². The number of hydrazine groups is 1. The van der Waals surface area contributed by atoms with Crippen LogP contribution in [0.15, 0.2) is 34.4 Å². The fourth-order valence-corrected chi connectivity index (χ4v) is 2.24. The minimum atomic E-state index is -0.498. The van der Waals surface area contributed by atoms with Crippen molar-refractivity contribution in [3.8, 4) is 0 Å². The van der Waals surface area contributed by atoms with Crippen molar-refractivity contribution in [2.45, 2.75) is 16.8 Å². The lowest BCUT2D eigenvalue weighted by Gasteiger charge is -2.08. The van der Waals surface area contributed by atoms with E-state index in [1.165, 1.54) is 6.33 Å². The Bertz CT molecular complexity index is 577. The number of aromatic nitrogens is 2. The van der Waals surface area contributed by atoms with Crippen LogP contribution in [-0.4, -0.2) is 9.97 Å². The Morgan fingerprint density at radius 1 is 1.28 bits per heavy atom. The Hall–Kier alpha value is -1.73. The second kappa shape index (κ2) is 5.28. The molecule has 1 heterocycles. The molecule has 1 aromatic heterocycles. The molecule has 0 aliphatic heterocycles. The topological polar surface area (TPSA) is 63.8 Å². The fourth-order valence-electron chi connectivity index (χ4n) is 1.34. The highest BCUT2D eigenvalue weighted by molar-refractivity contribution is 7.99. The number of nitrogens with two attached hydrogens (primary N) is 1. The van der Waals surface area contributed by atoms with Gasteiger partial charge < -0.3 is 5.43 Å². The molecule has 7 heteroatoms. The Morgan fingerprint density at radius 3 is 2.78 bits per heavy atom. The van der Waals surface area contributed by atoms with Gasteiger partial charge in [-0.15, -0.1) is 0 Å². The van der Waals surface area contributed by atoms with Gasteiger partial charge in [0, 0.05) is 5.56 Å². The third kappa shape index (κ3) is 2.57. The summed E-state index contributed by atoms with van der Waals surface area (Å²) in [6, 6.07) is 3.27. The van der Waals surface area contributed by atoms with Gasteiger partial charge in [0.15, 0.2) is 0 Å². The summed E-state index contributed by atoms with van der Waals surface area (Å²) in [6.45, 7) is 1.74. The maximum atomic E-state index is 13.5. The molecule has 0 saturated heterocycles. The van der Waals surface area contributed by atoms with Crippen molar-refractivity contribution in [3.63, 3.8) is 0 Å². The normalized spacial score (nSPS) is 10.4. The zero-order valence-corrected chi connectivity index (χ0v) is 10.3. The molecule has 0 spiro atoms. The summed E-state index contributed by atoms with van der Waals surface area (Å²) >= 11 is 1.02. The zero-order chi connectivity index (χ0) is 13.1. The Labute approximate surface area is 107 Å². The minimum absolute atomic E-state index is 0.166. The molecule has 4 nitrogen and oxygen atoms in total. The van der Waals surface area contributed by atoms with Gasteiger partial charge in [0.1, 0.15) is 28.8 Å². The van der Waals surface area contributed by atoms with Gasteiger partial charge in [-0.2, -0.15) is 0 Å². The van der Waals surface area contributed by atoms with Gasteiger partial charge in [0.05, 0.1) is 4.90 Å². The molecule has 2 rings (SSSR count). The van der Waals surface area contributed by atoms with Crippen molar-refractivity contribution < 1.29 is 8.78 Å². The lowest BCUT2D eigenvalue weighted by molar-refractivity contribution is 0.577. The molecule has 94 valence electrons. The Balaban J connectivity index is 2.37. The lowest BCUT2D eigenvalue weighted by Crippen LogP contribution is -2.10. The number of anilines is 1. The first kappa shape index (κ1) is 12.7. The van der Waals surface area contributed by atoms with Crippen LogP contribution in [0.4, 0.5) is 14.6 Å². The fraction of sp³-hybridized carbons (Fsp3) is 0.0909. The van der Waals surface area contributed by atoms with Crippen molar-refractivity contribution in [2.24, 2.45) is 5.84 Å². The first-order valence-corrected chi connectivity index (χ1v) is 5.84. The van der Waals surface area contributed by atoms with Gasteiger partial charge in [-0.3, -0.25) is 0 Å². The van der Waals surface area contributed by atoms with Crippen molar-refractivity contribution in [1.82, 2.24) is 9.97 Å². The number of benzene rings is 1. The van der Waals surface area contributed by atoms with Crippen LogP contribution in [0.5, 0.6) is 0 Å².